The van der Waals surface area contributed by atoms with E-state index in [1.807, 2.05) is 24.3 Å². The molecule has 16 heavy (non-hydrogen) atoms. The summed E-state index contributed by atoms with van der Waals surface area (Å²) in [7, 11) is 0. The van der Waals surface area contributed by atoms with Gasteiger partial charge in [0.2, 0.25) is 0 Å². The molecule has 2 rings (SSSR count). The Balaban J connectivity index is 2.19. The summed E-state index contributed by atoms with van der Waals surface area (Å²) in [6.45, 7) is 2.08. The van der Waals surface area contributed by atoms with Crippen LogP contribution >= 0.6 is 11.6 Å². The van der Waals surface area contributed by atoms with Gasteiger partial charge in [-0.15, -0.1) is 0 Å². The van der Waals surface area contributed by atoms with E-state index in [0.717, 1.165) is 23.4 Å². The summed E-state index contributed by atoms with van der Waals surface area (Å²) < 4.78 is 5.82. The Bertz CT molecular complexity index is 359. The van der Waals surface area contributed by atoms with E-state index in [1.165, 1.54) is 0 Å². The van der Waals surface area contributed by atoms with E-state index < -0.39 is 0 Å². The van der Waals surface area contributed by atoms with Gasteiger partial charge in [-0.25, -0.2) is 0 Å². The largest absolute Gasteiger partial charge is 0.373 e. The highest BCUT2D eigenvalue weighted by atomic mass is 35.5. The second-order valence-electron chi connectivity index (χ2n) is 4.23. The quantitative estimate of drug-likeness (QED) is 0.630. The van der Waals surface area contributed by atoms with Crippen LogP contribution in [0.15, 0.2) is 24.3 Å². The standard InChI is InChI=1S/C12H17ClN2O/c1-8-6-7-11(16-8)12(15-14)9-4-2-3-5-10(9)13/h2-5,8,11-12,15H,6-7,14H2,1H3. The number of nitrogens with two attached hydrogens (primary N) is 1. The summed E-state index contributed by atoms with van der Waals surface area (Å²) in [4.78, 5) is 0. The zero-order chi connectivity index (χ0) is 11.5. The third-order valence-corrected chi connectivity index (χ3v) is 3.40. The van der Waals surface area contributed by atoms with E-state index in [1.54, 1.807) is 0 Å². The Morgan fingerprint density at radius 3 is 2.75 bits per heavy atom. The maximum absolute atomic E-state index is 6.16. The molecule has 0 aliphatic carbocycles. The molecule has 1 aromatic carbocycles. The van der Waals surface area contributed by atoms with E-state index in [-0.39, 0.29) is 12.1 Å². The van der Waals surface area contributed by atoms with Crippen LogP contribution in [0.2, 0.25) is 5.02 Å². The summed E-state index contributed by atoms with van der Waals surface area (Å²) in [5.41, 5.74) is 3.82. The summed E-state index contributed by atoms with van der Waals surface area (Å²) >= 11 is 6.16. The zero-order valence-corrected chi connectivity index (χ0v) is 10.1. The molecule has 1 heterocycles. The van der Waals surface area contributed by atoms with Crippen molar-refractivity contribution in [1.29, 1.82) is 0 Å². The second kappa shape index (κ2) is 5.15. The van der Waals surface area contributed by atoms with Gasteiger partial charge < -0.3 is 4.74 Å². The monoisotopic (exact) mass is 240 g/mol. The molecule has 0 amide bonds. The van der Waals surface area contributed by atoms with Crippen molar-refractivity contribution >= 4 is 11.6 Å². The third kappa shape index (κ3) is 2.38. The number of benzene rings is 1. The number of hydrogen-bond acceptors (Lipinski definition) is 3. The lowest BCUT2D eigenvalue weighted by Gasteiger charge is -2.24. The maximum atomic E-state index is 6.16. The van der Waals surface area contributed by atoms with Crippen LogP contribution in [0.25, 0.3) is 0 Å². The molecule has 0 bridgehead atoms. The molecule has 0 saturated carbocycles. The highest BCUT2D eigenvalue weighted by molar-refractivity contribution is 6.31. The van der Waals surface area contributed by atoms with E-state index >= 15 is 0 Å². The number of ether oxygens (including phenoxy) is 1. The molecule has 1 aromatic rings. The van der Waals surface area contributed by atoms with Crippen LogP contribution < -0.4 is 11.3 Å². The van der Waals surface area contributed by atoms with Gasteiger partial charge in [0, 0.05) is 5.02 Å². The molecule has 88 valence electrons. The first-order valence-corrected chi connectivity index (χ1v) is 5.96. The lowest BCUT2D eigenvalue weighted by molar-refractivity contribution is 0.0316. The minimum atomic E-state index is -0.0290. The van der Waals surface area contributed by atoms with Crippen molar-refractivity contribution in [2.75, 3.05) is 0 Å². The highest BCUT2D eigenvalue weighted by Gasteiger charge is 2.30. The van der Waals surface area contributed by atoms with Gasteiger partial charge in [-0.3, -0.25) is 11.3 Å². The SMILES string of the molecule is CC1CCC(C(NN)c2ccccc2Cl)O1. The van der Waals surface area contributed by atoms with Crippen LogP contribution in [0.3, 0.4) is 0 Å². The first-order chi connectivity index (χ1) is 7.72. The summed E-state index contributed by atoms with van der Waals surface area (Å²) in [5.74, 6) is 5.61. The van der Waals surface area contributed by atoms with Gasteiger partial charge in [0.1, 0.15) is 0 Å². The molecular weight excluding hydrogens is 224 g/mol. The van der Waals surface area contributed by atoms with Crippen molar-refractivity contribution in [1.82, 2.24) is 5.43 Å². The number of halogens is 1. The van der Waals surface area contributed by atoms with Gasteiger partial charge in [-0.05, 0) is 31.4 Å². The number of rotatable bonds is 3. The molecule has 3 atom stereocenters. The van der Waals surface area contributed by atoms with Crippen LogP contribution in [0, 0.1) is 0 Å². The van der Waals surface area contributed by atoms with Gasteiger partial charge in [0.05, 0.1) is 18.2 Å². The van der Waals surface area contributed by atoms with Crippen molar-refractivity contribution in [3.63, 3.8) is 0 Å². The lowest BCUT2D eigenvalue weighted by Crippen LogP contribution is -2.36. The summed E-state index contributed by atoms with van der Waals surface area (Å²) in [5, 5.41) is 0.730. The fourth-order valence-electron chi connectivity index (χ4n) is 2.20. The number of hydrazine groups is 1. The molecule has 1 aliphatic heterocycles. The minimum Gasteiger partial charge on any atom is -0.373 e. The Labute approximate surface area is 101 Å². The van der Waals surface area contributed by atoms with Crippen LogP contribution in [0.5, 0.6) is 0 Å². The molecule has 3 nitrogen and oxygen atoms in total. The Hall–Kier alpha value is -0.610. The Kier molecular flexibility index (Phi) is 3.82. The maximum Gasteiger partial charge on any atom is 0.0787 e. The molecule has 3 unspecified atom stereocenters. The van der Waals surface area contributed by atoms with Crippen molar-refractivity contribution in [3.8, 4) is 0 Å². The molecule has 4 heteroatoms. The van der Waals surface area contributed by atoms with Gasteiger partial charge in [-0.2, -0.15) is 0 Å². The Morgan fingerprint density at radius 1 is 1.44 bits per heavy atom. The molecular formula is C12H17ClN2O. The van der Waals surface area contributed by atoms with Crippen molar-refractivity contribution in [2.45, 2.75) is 38.0 Å². The molecule has 1 saturated heterocycles. The van der Waals surface area contributed by atoms with E-state index in [2.05, 4.69) is 12.3 Å². The Morgan fingerprint density at radius 2 is 2.19 bits per heavy atom. The highest BCUT2D eigenvalue weighted by Crippen LogP contribution is 2.32. The summed E-state index contributed by atoms with van der Waals surface area (Å²) in [6, 6.07) is 7.71. The van der Waals surface area contributed by atoms with Gasteiger partial charge in [-0.1, -0.05) is 29.8 Å². The van der Waals surface area contributed by atoms with E-state index in [9.17, 15) is 0 Å². The number of hydrogen-bond donors (Lipinski definition) is 2. The van der Waals surface area contributed by atoms with Gasteiger partial charge >= 0.3 is 0 Å². The zero-order valence-electron chi connectivity index (χ0n) is 9.32. The third-order valence-electron chi connectivity index (χ3n) is 3.06. The van der Waals surface area contributed by atoms with Crippen molar-refractivity contribution in [2.24, 2.45) is 5.84 Å². The normalized spacial score (nSPS) is 26.9. The molecule has 0 radical (unpaired) electrons. The minimum absolute atomic E-state index is 0.0290. The average Bonchev–Trinajstić information content (AvgIpc) is 2.69. The van der Waals surface area contributed by atoms with Crippen LogP contribution in [0.4, 0.5) is 0 Å². The first-order valence-electron chi connectivity index (χ1n) is 5.58. The predicted octanol–water partition coefficient (Wildman–Crippen LogP) is 2.41. The van der Waals surface area contributed by atoms with Gasteiger partial charge in [0.15, 0.2) is 0 Å². The first kappa shape index (κ1) is 11.9. The molecule has 0 spiro atoms. The fraction of sp³-hybridized carbons (Fsp3) is 0.500. The van der Waals surface area contributed by atoms with Crippen LogP contribution in [-0.4, -0.2) is 12.2 Å². The molecule has 1 fully saturated rings. The molecule has 3 N–H and O–H groups in total. The number of nitrogens with one attached hydrogen (secondary N) is 1. The topological polar surface area (TPSA) is 47.3 Å². The fourth-order valence-corrected chi connectivity index (χ4v) is 2.46. The average molecular weight is 241 g/mol. The molecule has 1 aliphatic rings. The van der Waals surface area contributed by atoms with Crippen molar-refractivity contribution < 1.29 is 4.74 Å². The van der Waals surface area contributed by atoms with E-state index in [0.29, 0.717) is 6.10 Å². The predicted molar refractivity (Wildman–Crippen MR) is 65.1 cm³/mol. The van der Waals surface area contributed by atoms with Crippen LogP contribution in [-0.2, 0) is 4.74 Å². The van der Waals surface area contributed by atoms with Crippen LogP contribution in [0.1, 0.15) is 31.4 Å². The second-order valence-corrected chi connectivity index (χ2v) is 4.64. The van der Waals surface area contributed by atoms with Crippen molar-refractivity contribution in [3.05, 3.63) is 34.9 Å². The smallest absolute Gasteiger partial charge is 0.0787 e. The van der Waals surface area contributed by atoms with E-state index in [4.69, 9.17) is 22.2 Å². The van der Waals surface area contributed by atoms with Gasteiger partial charge in [0.25, 0.3) is 0 Å². The summed E-state index contributed by atoms with van der Waals surface area (Å²) in [6.07, 6.45) is 2.51. The lowest BCUT2D eigenvalue weighted by atomic mass is 10.00. The molecule has 0 aromatic heterocycles.